The first-order valence-corrected chi connectivity index (χ1v) is 4.85. The van der Waals surface area contributed by atoms with Crippen LogP contribution in [0.5, 0.6) is 0 Å². The SMILES string of the molecule is NNC(=O)Cc1nc(-c2ccc(F)cc2)n[nH]1. The van der Waals surface area contributed by atoms with Crippen LogP contribution in [0.3, 0.4) is 0 Å². The van der Waals surface area contributed by atoms with E-state index in [9.17, 15) is 9.18 Å². The monoisotopic (exact) mass is 235 g/mol. The van der Waals surface area contributed by atoms with Crippen molar-refractivity contribution in [2.75, 3.05) is 0 Å². The van der Waals surface area contributed by atoms with Crippen LogP contribution in [0.4, 0.5) is 4.39 Å². The lowest BCUT2D eigenvalue weighted by atomic mass is 10.2. The van der Waals surface area contributed by atoms with Crippen LogP contribution in [0.25, 0.3) is 11.4 Å². The summed E-state index contributed by atoms with van der Waals surface area (Å²) in [7, 11) is 0. The van der Waals surface area contributed by atoms with Gasteiger partial charge in [0.15, 0.2) is 5.82 Å². The lowest BCUT2D eigenvalue weighted by molar-refractivity contribution is -0.120. The summed E-state index contributed by atoms with van der Waals surface area (Å²) in [5.74, 6) is 5.06. The zero-order valence-corrected chi connectivity index (χ0v) is 8.77. The molecule has 17 heavy (non-hydrogen) atoms. The van der Waals surface area contributed by atoms with Gasteiger partial charge in [-0.3, -0.25) is 15.3 Å². The van der Waals surface area contributed by atoms with E-state index in [1.165, 1.54) is 12.1 Å². The maximum atomic E-state index is 12.7. The van der Waals surface area contributed by atoms with Crippen LogP contribution >= 0.6 is 0 Å². The van der Waals surface area contributed by atoms with Gasteiger partial charge in [-0.2, -0.15) is 5.10 Å². The van der Waals surface area contributed by atoms with Gasteiger partial charge in [0.25, 0.3) is 0 Å². The second kappa shape index (κ2) is 4.71. The van der Waals surface area contributed by atoms with Crippen LogP contribution in [0.15, 0.2) is 24.3 Å². The van der Waals surface area contributed by atoms with E-state index >= 15 is 0 Å². The Bertz CT molecular complexity index is 522. The molecule has 0 fully saturated rings. The summed E-state index contributed by atoms with van der Waals surface area (Å²) in [6.45, 7) is 0. The summed E-state index contributed by atoms with van der Waals surface area (Å²) >= 11 is 0. The van der Waals surface area contributed by atoms with Crippen LogP contribution in [0.2, 0.25) is 0 Å². The molecule has 88 valence electrons. The minimum atomic E-state index is -0.369. The zero-order valence-electron chi connectivity index (χ0n) is 8.77. The maximum absolute atomic E-state index is 12.7. The highest BCUT2D eigenvalue weighted by Crippen LogP contribution is 2.14. The number of amides is 1. The number of aromatic amines is 1. The summed E-state index contributed by atoms with van der Waals surface area (Å²) in [6, 6.07) is 5.76. The number of hydrogen-bond donors (Lipinski definition) is 3. The maximum Gasteiger partial charge on any atom is 0.241 e. The summed E-state index contributed by atoms with van der Waals surface area (Å²) in [5, 5.41) is 6.54. The first-order chi connectivity index (χ1) is 8.19. The van der Waals surface area contributed by atoms with Crippen molar-refractivity contribution in [3.8, 4) is 11.4 Å². The van der Waals surface area contributed by atoms with Gasteiger partial charge in [0.2, 0.25) is 5.91 Å². The highest BCUT2D eigenvalue weighted by molar-refractivity contribution is 5.77. The average Bonchev–Trinajstić information content (AvgIpc) is 2.78. The fourth-order valence-corrected chi connectivity index (χ4v) is 1.31. The third-order valence-corrected chi connectivity index (χ3v) is 2.12. The molecule has 4 N–H and O–H groups in total. The highest BCUT2D eigenvalue weighted by atomic mass is 19.1. The molecule has 0 radical (unpaired) electrons. The van der Waals surface area contributed by atoms with Crippen molar-refractivity contribution in [1.82, 2.24) is 20.6 Å². The van der Waals surface area contributed by atoms with Crippen molar-refractivity contribution >= 4 is 5.91 Å². The van der Waals surface area contributed by atoms with Crippen LogP contribution < -0.4 is 11.3 Å². The van der Waals surface area contributed by atoms with E-state index in [-0.39, 0.29) is 18.1 Å². The Morgan fingerprint density at radius 2 is 2.12 bits per heavy atom. The van der Waals surface area contributed by atoms with E-state index in [0.717, 1.165) is 0 Å². The van der Waals surface area contributed by atoms with Crippen molar-refractivity contribution in [3.05, 3.63) is 35.9 Å². The summed E-state index contributed by atoms with van der Waals surface area (Å²) in [5.41, 5.74) is 2.66. The topological polar surface area (TPSA) is 96.7 Å². The number of nitrogens with zero attached hydrogens (tertiary/aromatic N) is 2. The second-order valence-electron chi connectivity index (χ2n) is 3.36. The Labute approximate surface area is 96.0 Å². The number of rotatable bonds is 3. The Morgan fingerprint density at radius 1 is 1.41 bits per heavy atom. The van der Waals surface area contributed by atoms with Crippen LogP contribution in [0.1, 0.15) is 5.82 Å². The Balaban J connectivity index is 2.18. The molecular formula is C10H10FN5O. The molecule has 0 aliphatic carbocycles. The summed E-state index contributed by atoms with van der Waals surface area (Å²) in [4.78, 5) is 15.1. The van der Waals surface area contributed by atoms with Crippen LogP contribution in [-0.4, -0.2) is 21.1 Å². The fourth-order valence-electron chi connectivity index (χ4n) is 1.31. The van der Waals surface area contributed by atoms with Gasteiger partial charge in [-0.05, 0) is 24.3 Å². The molecule has 0 aliphatic heterocycles. The molecule has 1 amide bonds. The van der Waals surface area contributed by atoms with Gasteiger partial charge < -0.3 is 0 Å². The number of nitrogens with one attached hydrogen (secondary N) is 2. The number of benzene rings is 1. The van der Waals surface area contributed by atoms with E-state index < -0.39 is 0 Å². The van der Waals surface area contributed by atoms with Gasteiger partial charge >= 0.3 is 0 Å². The van der Waals surface area contributed by atoms with Gasteiger partial charge in [0.1, 0.15) is 11.6 Å². The van der Waals surface area contributed by atoms with E-state index in [2.05, 4.69) is 15.2 Å². The normalized spacial score (nSPS) is 10.2. The number of hydrogen-bond acceptors (Lipinski definition) is 4. The molecule has 0 bridgehead atoms. The van der Waals surface area contributed by atoms with Gasteiger partial charge in [-0.15, -0.1) is 0 Å². The van der Waals surface area contributed by atoms with Crippen molar-refractivity contribution in [2.45, 2.75) is 6.42 Å². The number of carbonyl (C=O) groups excluding carboxylic acids is 1. The largest absolute Gasteiger partial charge is 0.294 e. The molecule has 1 heterocycles. The molecule has 1 aromatic heterocycles. The average molecular weight is 235 g/mol. The molecule has 0 unspecified atom stereocenters. The third-order valence-electron chi connectivity index (χ3n) is 2.12. The third kappa shape index (κ3) is 2.64. The fraction of sp³-hybridized carbons (Fsp3) is 0.100. The summed E-state index contributed by atoms with van der Waals surface area (Å²) in [6.07, 6.45) is 0.0185. The molecule has 1 aromatic carbocycles. The van der Waals surface area contributed by atoms with Crippen molar-refractivity contribution < 1.29 is 9.18 Å². The molecule has 0 saturated carbocycles. The molecule has 0 spiro atoms. The van der Waals surface area contributed by atoms with Crippen molar-refractivity contribution in [3.63, 3.8) is 0 Å². The lowest BCUT2D eigenvalue weighted by Gasteiger charge is -1.94. The quantitative estimate of drug-likeness (QED) is 0.400. The van der Waals surface area contributed by atoms with Gasteiger partial charge in [-0.1, -0.05) is 0 Å². The number of carbonyl (C=O) groups is 1. The Morgan fingerprint density at radius 3 is 2.76 bits per heavy atom. The van der Waals surface area contributed by atoms with Gasteiger partial charge in [0.05, 0.1) is 6.42 Å². The second-order valence-corrected chi connectivity index (χ2v) is 3.36. The highest BCUT2D eigenvalue weighted by Gasteiger charge is 2.08. The Kier molecular flexibility index (Phi) is 3.10. The van der Waals surface area contributed by atoms with E-state index in [1.54, 1.807) is 12.1 Å². The number of halogens is 1. The van der Waals surface area contributed by atoms with Crippen LogP contribution in [0, 0.1) is 5.82 Å². The predicted molar refractivity (Wildman–Crippen MR) is 57.8 cm³/mol. The van der Waals surface area contributed by atoms with E-state index in [1.807, 2.05) is 5.43 Å². The standard InChI is InChI=1S/C10H10FN5O/c11-7-3-1-6(2-4-7)10-13-8(15-16-10)5-9(17)14-12/h1-4H,5,12H2,(H,14,17)(H,13,15,16). The van der Waals surface area contributed by atoms with Gasteiger partial charge in [0, 0.05) is 5.56 Å². The molecule has 2 rings (SSSR count). The minimum absolute atomic E-state index is 0.0185. The number of hydrazine groups is 1. The molecular weight excluding hydrogens is 225 g/mol. The van der Waals surface area contributed by atoms with E-state index in [4.69, 9.17) is 5.84 Å². The van der Waals surface area contributed by atoms with Gasteiger partial charge in [-0.25, -0.2) is 15.2 Å². The molecule has 0 atom stereocenters. The lowest BCUT2D eigenvalue weighted by Crippen LogP contribution is -2.31. The Hall–Kier alpha value is -2.28. The molecule has 0 aliphatic rings. The molecule has 2 aromatic rings. The molecule has 6 nitrogen and oxygen atoms in total. The van der Waals surface area contributed by atoms with Crippen molar-refractivity contribution in [1.29, 1.82) is 0 Å². The van der Waals surface area contributed by atoms with Crippen LogP contribution in [-0.2, 0) is 11.2 Å². The number of H-pyrrole nitrogens is 1. The van der Waals surface area contributed by atoms with E-state index in [0.29, 0.717) is 17.2 Å². The number of aromatic nitrogens is 3. The first-order valence-electron chi connectivity index (χ1n) is 4.85. The summed E-state index contributed by atoms with van der Waals surface area (Å²) < 4.78 is 12.7. The number of nitrogens with two attached hydrogens (primary N) is 1. The first kappa shape index (κ1) is 11.2. The molecule has 7 heteroatoms. The zero-order chi connectivity index (χ0) is 12.3. The minimum Gasteiger partial charge on any atom is -0.294 e. The smallest absolute Gasteiger partial charge is 0.241 e. The molecule has 0 saturated heterocycles. The van der Waals surface area contributed by atoms with Crippen molar-refractivity contribution in [2.24, 2.45) is 5.84 Å². The predicted octanol–water partition coefficient (Wildman–Crippen LogP) is 0.143.